The second-order valence-corrected chi connectivity index (χ2v) is 4.01. The molecule has 1 fully saturated rings. The zero-order valence-corrected chi connectivity index (χ0v) is 8.63. The Balaban J connectivity index is 1.88. The minimum Gasteiger partial charge on any atom is -0.339 e. The van der Waals surface area contributed by atoms with Crippen LogP contribution < -0.4 is 5.73 Å². The van der Waals surface area contributed by atoms with Gasteiger partial charge in [-0.25, -0.2) is 0 Å². The predicted octanol–water partition coefficient (Wildman–Crippen LogP) is 0.449. The van der Waals surface area contributed by atoms with Crippen LogP contribution >= 0.6 is 0 Å². The Morgan fingerprint density at radius 2 is 2.38 bits per heavy atom. The normalized spacial score (nSPS) is 25.1. The molecule has 3 rings (SSSR count). The highest BCUT2D eigenvalue weighted by molar-refractivity contribution is 5.44. The first kappa shape index (κ1) is 9.46. The first-order valence-electron chi connectivity index (χ1n) is 5.30. The monoisotopic (exact) mass is 220 g/mol. The Kier molecular flexibility index (Phi) is 2.17. The third-order valence-electron chi connectivity index (χ3n) is 2.97. The SMILES string of the molecule is NC1CCCC1c1nc(-c2cn[nH]n2)no1. The van der Waals surface area contributed by atoms with Crippen molar-refractivity contribution in [1.29, 1.82) is 0 Å². The van der Waals surface area contributed by atoms with Gasteiger partial charge in [0.1, 0.15) is 0 Å². The number of hydrogen-bond acceptors (Lipinski definition) is 6. The fraction of sp³-hybridized carbons (Fsp3) is 0.556. The van der Waals surface area contributed by atoms with Crippen molar-refractivity contribution in [2.24, 2.45) is 5.73 Å². The van der Waals surface area contributed by atoms with Gasteiger partial charge in [-0.1, -0.05) is 11.6 Å². The minimum atomic E-state index is 0.130. The van der Waals surface area contributed by atoms with Gasteiger partial charge >= 0.3 is 0 Å². The highest BCUT2D eigenvalue weighted by Crippen LogP contribution is 2.32. The lowest BCUT2D eigenvalue weighted by molar-refractivity contribution is 0.345. The molecule has 7 heteroatoms. The Morgan fingerprint density at radius 1 is 1.44 bits per heavy atom. The molecular weight excluding hydrogens is 208 g/mol. The van der Waals surface area contributed by atoms with Crippen molar-refractivity contribution in [2.75, 3.05) is 0 Å². The van der Waals surface area contributed by atoms with Crippen LogP contribution in [0, 0.1) is 0 Å². The number of nitrogens with zero attached hydrogens (tertiary/aromatic N) is 4. The Bertz CT molecular complexity index is 464. The molecule has 0 aromatic carbocycles. The predicted molar refractivity (Wildman–Crippen MR) is 54.2 cm³/mol. The van der Waals surface area contributed by atoms with Crippen molar-refractivity contribution in [2.45, 2.75) is 31.2 Å². The lowest BCUT2D eigenvalue weighted by Crippen LogP contribution is -2.22. The van der Waals surface area contributed by atoms with Gasteiger partial charge in [0.2, 0.25) is 11.7 Å². The molecule has 2 aromatic rings. The molecule has 84 valence electrons. The van der Waals surface area contributed by atoms with Gasteiger partial charge in [-0.3, -0.25) is 0 Å². The molecule has 2 atom stereocenters. The van der Waals surface area contributed by atoms with E-state index in [-0.39, 0.29) is 12.0 Å². The summed E-state index contributed by atoms with van der Waals surface area (Å²) in [6.07, 6.45) is 4.71. The van der Waals surface area contributed by atoms with E-state index < -0.39 is 0 Å². The van der Waals surface area contributed by atoms with Gasteiger partial charge in [0, 0.05) is 6.04 Å². The number of H-pyrrole nitrogens is 1. The Morgan fingerprint density at radius 3 is 3.06 bits per heavy atom. The first-order chi connectivity index (χ1) is 7.84. The van der Waals surface area contributed by atoms with E-state index in [1.165, 1.54) is 0 Å². The molecule has 7 nitrogen and oxygen atoms in total. The molecule has 1 aliphatic carbocycles. The summed E-state index contributed by atoms with van der Waals surface area (Å²) in [5, 5.41) is 14.0. The van der Waals surface area contributed by atoms with Crippen LogP contribution in [0.25, 0.3) is 11.5 Å². The summed E-state index contributed by atoms with van der Waals surface area (Å²) in [7, 11) is 0. The smallest absolute Gasteiger partial charge is 0.231 e. The van der Waals surface area contributed by atoms with E-state index >= 15 is 0 Å². The van der Waals surface area contributed by atoms with E-state index in [9.17, 15) is 0 Å². The average Bonchev–Trinajstić information content (AvgIpc) is 2.96. The Hall–Kier alpha value is -1.76. The zero-order valence-electron chi connectivity index (χ0n) is 8.63. The molecule has 2 aromatic heterocycles. The Labute approximate surface area is 91.4 Å². The number of hydrogen-bond donors (Lipinski definition) is 2. The number of nitrogens with two attached hydrogens (primary N) is 1. The molecule has 3 N–H and O–H groups in total. The highest BCUT2D eigenvalue weighted by atomic mass is 16.5. The van der Waals surface area contributed by atoms with Crippen LogP contribution in [0.1, 0.15) is 31.1 Å². The summed E-state index contributed by atoms with van der Waals surface area (Å²) in [4.78, 5) is 4.30. The molecule has 16 heavy (non-hydrogen) atoms. The molecule has 2 unspecified atom stereocenters. The van der Waals surface area contributed by atoms with Crippen LogP contribution in [-0.4, -0.2) is 31.6 Å². The van der Waals surface area contributed by atoms with Gasteiger partial charge in [-0.05, 0) is 12.8 Å². The topological polar surface area (TPSA) is 107 Å². The first-order valence-corrected chi connectivity index (χ1v) is 5.30. The number of nitrogens with one attached hydrogen (secondary N) is 1. The van der Waals surface area contributed by atoms with Crippen LogP contribution in [0.15, 0.2) is 10.7 Å². The van der Waals surface area contributed by atoms with E-state index in [0.717, 1.165) is 19.3 Å². The van der Waals surface area contributed by atoms with Crippen LogP contribution in [0.3, 0.4) is 0 Å². The van der Waals surface area contributed by atoms with Crippen molar-refractivity contribution in [3.05, 3.63) is 12.1 Å². The van der Waals surface area contributed by atoms with E-state index in [1.54, 1.807) is 6.20 Å². The second-order valence-electron chi connectivity index (χ2n) is 4.01. The van der Waals surface area contributed by atoms with E-state index in [2.05, 4.69) is 25.6 Å². The summed E-state index contributed by atoms with van der Waals surface area (Å²) in [6.45, 7) is 0. The van der Waals surface area contributed by atoms with Crippen molar-refractivity contribution >= 4 is 0 Å². The fourth-order valence-electron chi connectivity index (χ4n) is 2.09. The van der Waals surface area contributed by atoms with Crippen LogP contribution in [-0.2, 0) is 0 Å². The van der Waals surface area contributed by atoms with Crippen LogP contribution in [0.2, 0.25) is 0 Å². The lowest BCUT2D eigenvalue weighted by Gasteiger charge is -2.08. The maximum absolute atomic E-state index is 5.98. The highest BCUT2D eigenvalue weighted by Gasteiger charge is 2.30. The van der Waals surface area contributed by atoms with Gasteiger partial charge in [0.05, 0.1) is 12.1 Å². The van der Waals surface area contributed by atoms with E-state index in [4.69, 9.17) is 10.3 Å². The standard InChI is InChI=1S/C9H12N6O/c10-6-3-1-2-5(6)9-12-8(14-16-9)7-4-11-15-13-7/h4-6H,1-3,10H2,(H,11,13,15). The van der Waals surface area contributed by atoms with Crippen molar-refractivity contribution < 1.29 is 4.52 Å². The molecule has 0 saturated heterocycles. The van der Waals surface area contributed by atoms with E-state index in [1.807, 2.05) is 0 Å². The molecule has 0 spiro atoms. The maximum Gasteiger partial charge on any atom is 0.231 e. The van der Waals surface area contributed by atoms with Crippen LogP contribution in [0.5, 0.6) is 0 Å². The van der Waals surface area contributed by atoms with Crippen molar-refractivity contribution in [3.63, 3.8) is 0 Å². The maximum atomic E-state index is 5.98. The molecule has 0 amide bonds. The van der Waals surface area contributed by atoms with Gasteiger partial charge in [0.15, 0.2) is 5.69 Å². The number of aromatic amines is 1. The minimum absolute atomic E-state index is 0.130. The second kappa shape index (κ2) is 3.67. The van der Waals surface area contributed by atoms with Gasteiger partial charge in [-0.15, -0.1) is 0 Å². The zero-order chi connectivity index (χ0) is 11.0. The molecule has 0 aliphatic heterocycles. The third-order valence-corrected chi connectivity index (χ3v) is 2.97. The summed E-state index contributed by atoms with van der Waals surface area (Å²) in [5.74, 6) is 1.26. The fourth-order valence-corrected chi connectivity index (χ4v) is 2.09. The van der Waals surface area contributed by atoms with Gasteiger partial charge in [-0.2, -0.15) is 20.4 Å². The van der Waals surface area contributed by atoms with Crippen molar-refractivity contribution in [3.8, 4) is 11.5 Å². The van der Waals surface area contributed by atoms with Gasteiger partial charge in [0.25, 0.3) is 0 Å². The molecule has 2 heterocycles. The summed E-state index contributed by atoms with van der Waals surface area (Å²) >= 11 is 0. The number of rotatable bonds is 2. The molecular formula is C9H12N6O. The molecule has 0 radical (unpaired) electrons. The molecule has 1 aliphatic rings. The number of aromatic nitrogens is 5. The van der Waals surface area contributed by atoms with E-state index in [0.29, 0.717) is 17.4 Å². The third kappa shape index (κ3) is 1.49. The summed E-state index contributed by atoms with van der Waals surface area (Å²) in [6, 6.07) is 0.130. The van der Waals surface area contributed by atoms with Crippen molar-refractivity contribution in [1.82, 2.24) is 25.6 Å². The largest absolute Gasteiger partial charge is 0.339 e. The quantitative estimate of drug-likeness (QED) is 0.760. The molecule has 0 bridgehead atoms. The van der Waals surface area contributed by atoms with Gasteiger partial charge < -0.3 is 10.3 Å². The molecule has 1 saturated carbocycles. The lowest BCUT2D eigenvalue weighted by atomic mass is 10.1. The summed E-state index contributed by atoms with van der Waals surface area (Å²) < 4.78 is 5.22. The average molecular weight is 220 g/mol. The van der Waals surface area contributed by atoms with Crippen LogP contribution in [0.4, 0.5) is 0 Å². The summed E-state index contributed by atoms with van der Waals surface area (Å²) in [5.41, 5.74) is 6.56.